The Morgan fingerprint density at radius 2 is 1.89 bits per heavy atom. The van der Waals surface area contributed by atoms with Gasteiger partial charge in [-0.2, -0.15) is 8.78 Å². The molecule has 0 unspecified atom stereocenters. The van der Waals surface area contributed by atoms with Gasteiger partial charge < -0.3 is 24.8 Å². The Morgan fingerprint density at radius 3 is 2.57 bits per heavy atom. The van der Waals surface area contributed by atoms with E-state index in [9.17, 15) is 13.6 Å². The third-order valence-electron chi connectivity index (χ3n) is 4.27. The van der Waals surface area contributed by atoms with Gasteiger partial charge in [-0.1, -0.05) is 18.2 Å². The maximum atomic E-state index is 12.7. The first-order chi connectivity index (χ1) is 12.9. The van der Waals surface area contributed by atoms with Crippen molar-refractivity contribution >= 4 is 24.0 Å². The van der Waals surface area contributed by atoms with Gasteiger partial charge in [-0.25, -0.2) is 0 Å². The molecular weight excluding hydrogens is 394 g/mol. The SMILES string of the molecule is CN(Cc1cc2c(cc1OC(F)F)OCO2)C(=O)CCc1ccccc1N.Cl. The molecule has 1 aliphatic heterocycles. The minimum absolute atomic E-state index is 0. The normalized spacial score (nSPS) is 11.9. The van der Waals surface area contributed by atoms with Crippen molar-refractivity contribution in [2.75, 3.05) is 19.6 Å². The molecule has 0 saturated heterocycles. The topological polar surface area (TPSA) is 74.0 Å². The first kappa shape index (κ1) is 21.6. The van der Waals surface area contributed by atoms with Gasteiger partial charge in [0.2, 0.25) is 12.7 Å². The van der Waals surface area contributed by atoms with Crippen LogP contribution in [-0.4, -0.2) is 31.3 Å². The Kier molecular flexibility index (Phi) is 7.28. The quantitative estimate of drug-likeness (QED) is 0.700. The first-order valence-corrected chi connectivity index (χ1v) is 8.38. The molecule has 6 nitrogen and oxygen atoms in total. The van der Waals surface area contributed by atoms with Crippen LogP contribution in [0.15, 0.2) is 36.4 Å². The number of para-hydroxylation sites is 1. The monoisotopic (exact) mass is 414 g/mol. The van der Waals surface area contributed by atoms with Crippen LogP contribution in [0.4, 0.5) is 14.5 Å². The van der Waals surface area contributed by atoms with Crippen LogP contribution >= 0.6 is 12.4 Å². The van der Waals surface area contributed by atoms with Crippen molar-refractivity contribution in [1.29, 1.82) is 0 Å². The number of amides is 1. The number of anilines is 1. The van der Waals surface area contributed by atoms with Crippen LogP contribution in [-0.2, 0) is 17.8 Å². The highest BCUT2D eigenvalue weighted by Crippen LogP contribution is 2.39. The minimum Gasteiger partial charge on any atom is -0.454 e. The van der Waals surface area contributed by atoms with Crippen LogP contribution in [0.3, 0.4) is 0 Å². The molecular formula is C19H21ClF2N2O4. The van der Waals surface area contributed by atoms with Crippen LogP contribution in [0, 0.1) is 0 Å². The maximum absolute atomic E-state index is 12.7. The lowest BCUT2D eigenvalue weighted by Crippen LogP contribution is -2.26. The van der Waals surface area contributed by atoms with Gasteiger partial charge in [0.25, 0.3) is 0 Å². The fourth-order valence-electron chi connectivity index (χ4n) is 2.83. The molecule has 1 amide bonds. The summed E-state index contributed by atoms with van der Waals surface area (Å²) in [5.41, 5.74) is 7.83. The number of carbonyl (C=O) groups is 1. The predicted molar refractivity (Wildman–Crippen MR) is 102 cm³/mol. The standard InChI is InChI=1S/C19H20F2N2O4.ClH/c1-23(18(24)7-6-12-4-2-3-5-14(12)22)10-13-8-16-17(26-11-25-16)9-15(13)27-19(20)21;/h2-5,8-9,19H,6-7,10-11,22H2,1H3;1H. The van der Waals surface area contributed by atoms with E-state index in [1.165, 1.54) is 11.0 Å². The molecule has 0 fully saturated rings. The lowest BCUT2D eigenvalue weighted by atomic mass is 10.1. The Bertz CT molecular complexity index is 836. The van der Waals surface area contributed by atoms with Gasteiger partial charge >= 0.3 is 6.61 Å². The van der Waals surface area contributed by atoms with Gasteiger partial charge in [0.05, 0.1) is 0 Å². The lowest BCUT2D eigenvalue weighted by molar-refractivity contribution is -0.130. The highest BCUT2D eigenvalue weighted by molar-refractivity contribution is 5.85. The van der Waals surface area contributed by atoms with Crippen LogP contribution < -0.4 is 19.9 Å². The number of hydrogen-bond donors (Lipinski definition) is 1. The van der Waals surface area contributed by atoms with E-state index in [2.05, 4.69) is 4.74 Å². The number of hydrogen-bond acceptors (Lipinski definition) is 5. The Labute approximate surface area is 167 Å². The average molecular weight is 415 g/mol. The van der Waals surface area contributed by atoms with E-state index in [0.29, 0.717) is 29.2 Å². The summed E-state index contributed by atoms with van der Waals surface area (Å²) in [5.74, 6) is 0.590. The average Bonchev–Trinajstić information content (AvgIpc) is 3.07. The maximum Gasteiger partial charge on any atom is 0.387 e. The zero-order valence-corrected chi connectivity index (χ0v) is 16.0. The van der Waals surface area contributed by atoms with E-state index >= 15 is 0 Å². The molecule has 2 aromatic rings. The van der Waals surface area contributed by atoms with Crippen molar-refractivity contribution < 1.29 is 27.8 Å². The van der Waals surface area contributed by atoms with E-state index in [1.807, 2.05) is 18.2 Å². The number of nitrogens with two attached hydrogens (primary N) is 1. The number of nitrogen functional groups attached to an aromatic ring is 1. The van der Waals surface area contributed by atoms with Crippen molar-refractivity contribution in [3.05, 3.63) is 47.5 Å². The molecule has 0 spiro atoms. The van der Waals surface area contributed by atoms with Crippen LogP contribution in [0.2, 0.25) is 0 Å². The van der Waals surface area contributed by atoms with Crippen molar-refractivity contribution in [2.24, 2.45) is 0 Å². The zero-order chi connectivity index (χ0) is 19.4. The summed E-state index contributed by atoms with van der Waals surface area (Å²) < 4.78 is 40.5. The molecule has 2 N–H and O–H groups in total. The second-order valence-corrected chi connectivity index (χ2v) is 6.14. The second kappa shape index (κ2) is 9.45. The number of carbonyl (C=O) groups excluding carboxylic acids is 1. The summed E-state index contributed by atoms with van der Waals surface area (Å²) in [7, 11) is 1.60. The minimum atomic E-state index is -2.98. The van der Waals surface area contributed by atoms with E-state index < -0.39 is 6.61 Å². The van der Waals surface area contributed by atoms with Gasteiger partial charge in [-0.05, 0) is 24.1 Å². The Balaban J connectivity index is 0.00000280. The molecule has 0 atom stereocenters. The number of benzene rings is 2. The molecule has 0 bridgehead atoms. The van der Waals surface area contributed by atoms with Crippen LogP contribution in [0.1, 0.15) is 17.5 Å². The number of alkyl halides is 2. The second-order valence-electron chi connectivity index (χ2n) is 6.14. The molecule has 1 heterocycles. The summed E-state index contributed by atoms with van der Waals surface area (Å²) >= 11 is 0. The number of rotatable bonds is 7. The molecule has 3 rings (SSSR count). The highest BCUT2D eigenvalue weighted by Gasteiger charge is 2.22. The summed E-state index contributed by atoms with van der Waals surface area (Å²) in [4.78, 5) is 13.9. The molecule has 0 aromatic heterocycles. The summed E-state index contributed by atoms with van der Waals surface area (Å²) in [6.07, 6.45) is 0.748. The van der Waals surface area contributed by atoms with Crippen LogP contribution in [0.5, 0.6) is 17.2 Å². The van der Waals surface area contributed by atoms with E-state index in [0.717, 1.165) is 5.56 Å². The van der Waals surface area contributed by atoms with Crippen LogP contribution in [0.25, 0.3) is 0 Å². The van der Waals surface area contributed by atoms with Gasteiger partial charge in [-0.15, -0.1) is 12.4 Å². The number of aryl methyl sites for hydroxylation is 1. The number of nitrogens with zero attached hydrogens (tertiary/aromatic N) is 1. The van der Waals surface area contributed by atoms with Gasteiger partial charge in [0.1, 0.15) is 5.75 Å². The van der Waals surface area contributed by atoms with Gasteiger partial charge in [0.15, 0.2) is 11.5 Å². The molecule has 152 valence electrons. The molecule has 28 heavy (non-hydrogen) atoms. The molecule has 9 heteroatoms. The van der Waals surface area contributed by atoms with E-state index in [-0.39, 0.29) is 43.8 Å². The summed E-state index contributed by atoms with van der Waals surface area (Å²) in [6.45, 7) is -2.87. The molecule has 1 aliphatic rings. The van der Waals surface area contributed by atoms with Gasteiger partial charge in [-0.3, -0.25) is 4.79 Å². The van der Waals surface area contributed by atoms with E-state index in [4.69, 9.17) is 15.2 Å². The lowest BCUT2D eigenvalue weighted by Gasteiger charge is -2.20. The Hall–Kier alpha value is -2.74. The van der Waals surface area contributed by atoms with E-state index in [1.54, 1.807) is 19.2 Å². The fraction of sp³-hybridized carbons (Fsp3) is 0.316. The van der Waals surface area contributed by atoms with Crippen molar-refractivity contribution in [3.8, 4) is 17.2 Å². The molecule has 0 saturated carbocycles. The molecule has 0 aliphatic carbocycles. The summed E-state index contributed by atoms with van der Waals surface area (Å²) in [5, 5.41) is 0. The third-order valence-corrected chi connectivity index (χ3v) is 4.27. The molecule has 0 radical (unpaired) electrons. The predicted octanol–water partition coefficient (Wildman–Crippen LogP) is 3.61. The van der Waals surface area contributed by atoms with Crippen molar-refractivity contribution in [2.45, 2.75) is 26.0 Å². The van der Waals surface area contributed by atoms with Crippen molar-refractivity contribution in [3.63, 3.8) is 0 Å². The fourth-order valence-corrected chi connectivity index (χ4v) is 2.83. The summed E-state index contributed by atoms with van der Waals surface area (Å²) in [6, 6.07) is 10.3. The first-order valence-electron chi connectivity index (χ1n) is 8.38. The number of halogens is 3. The smallest absolute Gasteiger partial charge is 0.387 e. The largest absolute Gasteiger partial charge is 0.454 e. The third kappa shape index (κ3) is 5.16. The Morgan fingerprint density at radius 1 is 1.21 bits per heavy atom. The number of fused-ring (bicyclic) bond motifs is 1. The number of ether oxygens (including phenoxy) is 3. The zero-order valence-electron chi connectivity index (χ0n) is 15.2. The highest BCUT2D eigenvalue weighted by atomic mass is 35.5. The van der Waals surface area contributed by atoms with Gasteiger partial charge in [0, 0.05) is 37.3 Å². The van der Waals surface area contributed by atoms with Crippen molar-refractivity contribution in [1.82, 2.24) is 4.90 Å². The molecule has 2 aromatic carbocycles.